The number of hydrogen-bond donors (Lipinski definition) is 1. The molecule has 3 nitrogen and oxygen atoms in total. The molecule has 2 rings (SSSR count). The van der Waals surface area contributed by atoms with E-state index >= 15 is 0 Å². The first-order valence-corrected chi connectivity index (χ1v) is 5.96. The highest BCUT2D eigenvalue weighted by molar-refractivity contribution is 9.10. The average molecular weight is 280 g/mol. The van der Waals surface area contributed by atoms with Gasteiger partial charge in [0.25, 0.3) is 0 Å². The second-order valence-electron chi connectivity index (χ2n) is 3.80. The number of benzene rings is 1. The van der Waals surface area contributed by atoms with Crippen LogP contribution >= 0.6 is 15.9 Å². The van der Waals surface area contributed by atoms with Crippen LogP contribution in [0.25, 0.3) is 0 Å². The van der Waals surface area contributed by atoms with E-state index in [9.17, 15) is 0 Å². The fourth-order valence-electron chi connectivity index (χ4n) is 1.66. The molecule has 0 fully saturated rings. The van der Waals surface area contributed by atoms with Gasteiger partial charge >= 0.3 is 0 Å². The van der Waals surface area contributed by atoms with Gasteiger partial charge in [-0.2, -0.15) is 0 Å². The van der Waals surface area contributed by atoms with Crippen molar-refractivity contribution in [3.05, 3.63) is 46.2 Å². The topological polar surface area (TPSA) is 43.8 Å². The minimum Gasteiger partial charge on any atom is -0.369 e. The summed E-state index contributed by atoms with van der Waals surface area (Å²) < 4.78 is 3.05. The van der Waals surface area contributed by atoms with Crippen LogP contribution in [-0.2, 0) is 19.9 Å². The van der Waals surface area contributed by atoms with Crippen molar-refractivity contribution < 1.29 is 0 Å². The van der Waals surface area contributed by atoms with Crippen molar-refractivity contribution in [3.63, 3.8) is 0 Å². The molecule has 0 aliphatic carbocycles. The molecule has 0 saturated carbocycles. The molecule has 84 valence electrons. The van der Waals surface area contributed by atoms with Gasteiger partial charge in [0.15, 0.2) is 5.95 Å². The van der Waals surface area contributed by atoms with E-state index in [-0.39, 0.29) is 0 Å². The highest BCUT2D eigenvalue weighted by Crippen LogP contribution is 2.14. The number of rotatable bonds is 3. The second-order valence-corrected chi connectivity index (χ2v) is 4.71. The Morgan fingerprint density at radius 3 is 2.81 bits per heavy atom. The molecular formula is C12H14BrN3. The molecule has 0 saturated heterocycles. The standard InChI is InChI=1S/C12H14BrN3/c1-16-11(8-15-12(16)14)6-5-9-3-2-4-10(13)7-9/h2-4,7-8H,5-6H2,1H3,(H2,14,15). The minimum absolute atomic E-state index is 0.573. The van der Waals surface area contributed by atoms with E-state index in [0.717, 1.165) is 23.0 Å². The fraction of sp³-hybridized carbons (Fsp3) is 0.250. The lowest BCUT2D eigenvalue weighted by Crippen LogP contribution is -2.02. The number of nitrogens with two attached hydrogens (primary N) is 1. The van der Waals surface area contributed by atoms with Crippen molar-refractivity contribution >= 4 is 21.9 Å². The number of hydrogen-bond acceptors (Lipinski definition) is 2. The smallest absolute Gasteiger partial charge is 0.200 e. The number of nitrogens with zero attached hydrogens (tertiary/aromatic N) is 2. The molecular weight excluding hydrogens is 266 g/mol. The molecule has 1 heterocycles. The van der Waals surface area contributed by atoms with Gasteiger partial charge in [0.1, 0.15) is 0 Å². The van der Waals surface area contributed by atoms with E-state index in [1.165, 1.54) is 5.56 Å². The Labute approximate surface area is 103 Å². The van der Waals surface area contributed by atoms with Gasteiger partial charge in [-0.15, -0.1) is 0 Å². The Bertz CT molecular complexity index is 491. The van der Waals surface area contributed by atoms with E-state index in [1.807, 2.05) is 23.9 Å². The molecule has 0 spiro atoms. The fourth-order valence-corrected chi connectivity index (χ4v) is 2.10. The maximum absolute atomic E-state index is 5.68. The van der Waals surface area contributed by atoms with Gasteiger partial charge in [-0.3, -0.25) is 0 Å². The Hall–Kier alpha value is -1.29. The third-order valence-corrected chi connectivity index (χ3v) is 3.17. The number of imidazole rings is 1. The summed E-state index contributed by atoms with van der Waals surface area (Å²) in [7, 11) is 1.94. The monoisotopic (exact) mass is 279 g/mol. The van der Waals surface area contributed by atoms with Gasteiger partial charge in [-0.1, -0.05) is 28.1 Å². The highest BCUT2D eigenvalue weighted by Gasteiger charge is 2.03. The molecule has 0 aliphatic rings. The number of aromatic nitrogens is 2. The van der Waals surface area contributed by atoms with Crippen LogP contribution in [-0.4, -0.2) is 9.55 Å². The number of anilines is 1. The van der Waals surface area contributed by atoms with Crippen molar-refractivity contribution in [1.29, 1.82) is 0 Å². The van der Waals surface area contributed by atoms with Crippen LogP contribution in [0.5, 0.6) is 0 Å². The lowest BCUT2D eigenvalue weighted by molar-refractivity contribution is 0.807. The van der Waals surface area contributed by atoms with Crippen LogP contribution in [0.1, 0.15) is 11.3 Å². The summed E-state index contributed by atoms with van der Waals surface area (Å²) in [6.07, 6.45) is 3.79. The van der Waals surface area contributed by atoms with E-state index < -0.39 is 0 Å². The number of halogens is 1. The molecule has 4 heteroatoms. The van der Waals surface area contributed by atoms with Crippen LogP contribution in [0, 0.1) is 0 Å². The van der Waals surface area contributed by atoms with Crippen LogP contribution < -0.4 is 5.73 Å². The number of nitrogen functional groups attached to an aromatic ring is 1. The van der Waals surface area contributed by atoms with Crippen molar-refractivity contribution in [2.24, 2.45) is 7.05 Å². The van der Waals surface area contributed by atoms with Crippen LogP contribution in [0.15, 0.2) is 34.9 Å². The third kappa shape index (κ3) is 2.44. The summed E-state index contributed by atoms with van der Waals surface area (Å²) in [6, 6.07) is 8.35. The Morgan fingerprint density at radius 1 is 1.38 bits per heavy atom. The molecule has 0 aliphatic heterocycles. The maximum atomic E-state index is 5.68. The normalized spacial score (nSPS) is 10.6. The van der Waals surface area contributed by atoms with E-state index in [1.54, 1.807) is 0 Å². The first-order valence-electron chi connectivity index (χ1n) is 5.17. The molecule has 2 N–H and O–H groups in total. The van der Waals surface area contributed by atoms with E-state index in [2.05, 4.69) is 39.1 Å². The van der Waals surface area contributed by atoms with Gasteiger partial charge in [0.2, 0.25) is 0 Å². The predicted molar refractivity (Wildman–Crippen MR) is 69.2 cm³/mol. The van der Waals surface area contributed by atoms with Crippen molar-refractivity contribution in [2.75, 3.05) is 5.73 Å². The van der Waals surface area contributed by atoms with Crippen molar-refractivity contribution in [2.45, 2.75) is 12.8 Å². The van der Waals surface area contributed by atoms with Crippen LogP contribution in [0.2, 0.25) is 0 Å². The van der Waals surface area contributed by atoms with Crippen LogP contribution in [0.4, 0.5) is 5.95 Å². The molecule has 0 amide bonds. The van der Waals surface area contributed by atoms with Crippen molar-refractivity contribution in [3.8, 4) is 0 Å². The summed E-state index contributed by atoms with van der Waals surface area (Å²) in [5.74, 6) is 0.573. The molecule has 0 bridgehead atoms. The Balaban J connectivity index is 2.05. The summed E-state index contributed by atoms with van der Waals surface area (Å²) >= 11 is 3.47. The van der Waals surface area contributed by atoms with Crippen LogP contribution in [0.3, 0.4) is 0 Å². The first-order chi connectivity index (χ1) is 7.66. The van der Waals surface area contributed by atoms with Gasteiger partial charge in [0.05, 0.1) is 6.20 Å². The number of aryl methyl sites for hydroxylation is 2. The third-order valence-electron chi connectivity index (χ3n) is 2.68. The predicted octanol–water partition coefficient (Wildman–Crippen LogP) is 2.55. The lowest BCUT2D eigenvalue weighted by atomic mass is 10.1. The zero-order valence-corrected chi connectivity index (χ0v) is 10.7. The highest BCUT2D eigenvalue weighted by atomic mass is 79.9. The van der Waals surface area contributed by atoms with Gasteiger partial charge in [-0.25, -0.2) is 4.98 Å². The quantitative estimate of drug-likeness (QED) is 0.939. The van der Waals surface area contributed by atoms with E-state index in [0.29, 0.717) is 5.95 Å². The first kappa shape index (κ1) is 11.2. The summed E-state index contributed by atoms with van der Waals surface area (Å²) in [5.41, 5.74) is 8.16. The molecule has 16 heavy (non-hydrogen) atoms. The average Bonchev–Trinajstić information content (AvgIpc) is 2.57. The van der Waals surface area contributed by atoms with Gasteiger partial charge in [-0.05, 0) is 30.5 Å². The second kappa shape index (κ2) is 4.70. The SMILES string of the molecule is Cn1c(CCc2cccc(Br)c2)cnc1N. The van der Waals surface area contributed by atoms with Gasteiger partial charge in [0, 0.05) is 17.2 Å². The van der Waals surface area contributed by atoms with Crippen molar-refractivity contribution in [1.82, 2.24) is 9.55 Å². The lowest BCUT2D eigenvalue weighted by Gasteiger charge is -2.04. The molecule has 0 atom stereocenters. The summed E-state index contributed by atoms with van der Waals surface area (Å²) in [6.45, 7) is 0. The Kier molecular flexibility index (Phi) is 3.29. The summed E-state index contributed by atoms with van der Waals surface area (Å²) in [4.78, 5) is 4.08. The molecule has 0 unspecified atom stereocenters. The van der Waals surface area contributed by atoms with E-state index in [4.69, 9.17) is 5.73 Å². The molecule has 2 aromatic rings. The zero-order valence-electron chi connectivity index (χ0n) is 9.15. The molecule has 1 aromatic heterocycles. The maximum Gasteiger partial charge on any atom is 0.200 e. The minimum atomic E-state index is 0.573. The van der Waals surface area contributed by atoms with Gasteiger partial charge < -0.3 is 10.3 Å². The molecule has 1 aromatic carbocycles. The Morgan fingerprint density at radius 2 is 2.19 bits per heavy atom. The summed E-state index contributed by atoms with van der Waals surface area (Å²) in [5, 5.41) is 0. The zero-order chi connectivity index (χ0) is 11.5. The molecule has 0 radical (unpaired) electrons. The largest absolute Gasteiger partial charge is 0.369 e.